The molecule has 1 fully saturated rings. The first-order valence-corrected chi connectivity index (χ1v) is 8.08. The molecule has 1 aromatic rings. The molecule has 1 aliphatic rings. The number of benzene rings is 1. The molecule has 1 N–H and O–H groups in total. The maximum atomic E-state index is 10.3. The largest absolute Gasteiger partial charge is 0.392 e. The van der Waals surface area contributed by atoms with E-state index in [-0.39, 0.29) is 6.10 Å². The summed E-state index contributed by atoms with van der Waals surface area (Å²) in [5, 5.41) is 11.1. The van der Waals surface area contributed by atoms with Gasteiger partial charge < -0.3 is 5.11 Å². The van der Waals surface area contributed by atoms with Crippen molar-refractivity contribution in [3.8, 4) is 0 Å². The van der Waals surface area contributed by atoms with E-state index in [1.165, 1.54) is 25.7 Å². The van der Waals surface area contributed by atoms with Crippen LogP contribution in [-0.4, -0.2) is 17.0 Å². The zero-order chi connectivity index (χ0) is 13.0. The number of halogens is 1. The molecule has 0 spiro atoms. The normalized spacial score (nSPS) is 25.9. The third-order valence-corrected chi connectivity index (χ3v) is 5.38. The summed E-state index contributed by atoms with van der Waals surface area (Å²) in [5.74, 6) is 1.99. The monoisotopic (exact) mass is 284 g/mol. The SMILES string of the molecule is CC1CCCC(C(O)CSc2ccccc2Cl)C1. The van der Waals surface area contributed by atoms with E-state index in [2.05, 4.69) is 6.92 Å². The molecule has 100 valence electrons. The summed E-state index contributed by atoms with van der Waals surface area (Å²) >= 11 is 7.78. The minimum absolute atomic E-state index is 0.200. The maximum Gasteiger partial charge on any atom is 0.0662 e. The Morgan fingerprint density at radius 1 is 1.39 bits per heavy atom. The van der Waals surface area contributed by atoms with E-state index in [0.29, 0.717) is 5.92 Å². The zero-order valence-corrected chi connectivity index (χ0v) is 12.4. The lowest BCUT2D eigenvalue weighted by Gasteiger charge is -2.30. The molecule has 1 aliphatic carbocycles. The van der Waals surface area contributed by atoms with Crippen LogP contribution in [0.1, 0.15) is 32.6 Å². The molecule has 18 heavy (non-hydrogen) atoms. The highest BCUT2D eigenvalue weighted by Crippen LogP contribution is 2.34. The molecule has 0 bridgehead atoms. The molecule has 3 atom stereocenters. The van der Waals surface area contributed by atoms with Crippen molar-refractivity contribution in [2.45, 2.75) is 43.6 Å². The molecule has 3 unspecified atom stereocenters. The highest BCUT2D eigenvalue weighted by Gasteiger charge is 2.25. The average Bonchev–Trinajstić information content (AvgIpc) is 2.37. The van der Waals surface area contributed by atoms with Gasteiger partial charge in [0, 0.05) is 10.6 Å². The second-order valence-electron chi connectivity index (χ2n) is 5.34. The number of thioether (sulfide) groups is 1. The van der Waals surface area contributed by atoms with Crippen LogP contribution in [0, 0.1) is 11.8 Å². The minimum atomic E-state index is -0.200. The van der Waals surface area contributed by atoms with Crippen molar-refractivity contribution in [3.05, 3.63) is 29.3 Å². The lowest BCUT2D eigenvalue weighted by Crippen LogP contribution is -2.27. The molecule has 0 saturated heterocycles. The Bertz CT molecular complexity index is 383. The van der Waals surface area contributed by atoms with Gasteiger partial charge in [0.2, 0.25) is 0 Å². The first kappa shape index (κ1) is 14.2. The molecule has 0 aliphatic heterocycles. The van der Waals surface area contributed by atoms with Crippen LogP contribution in [0.5, 0.6) is 0 Å². The zero-order valence-electron chi connectivity index (χ0n) is 10.8. The van der Waals surface area contributed by atoms with Gasteiger partial charge in [0.15, 0.2) is 0 Å². The maximum absolute atomic E-state index is 10.3. The van der Waals surface area contributed by atoms with Crippen molar-refractivity contribution in [3.63, 3.8) is 0 Å². The van der Waals surface area contributed by atoms with Crippen LogP contribution in [0.15, 0.2) is 29.2 Å². The van der Waals surface area contributed by atoms with Gasteiger partial charge in [-0.1, -0.05) is 43.5 Å². The number of aliphatic hydroxyl groups is 1. The summed E-state index contributed by atoms with van der Waals surface area (Å²) in [4.78, 5) is 1.07. The fourth-order valence-corrected chi connectivity index (χ4v) is 4.01. The highest BCUT2D eigenvalue weighted by molar-refractivity contribution is 7.99. The van der Waals surface area contributed by atoms with Crippen molar-refractivity contribution < 1.29 is 5.11 Å². The summed E-state index contributed by atoms with van der Waals surface area (Å²) in [6.45, 7) is 2.29. The van der Waals surface area contributed by atoms with E-state index in [1.807, 2.05) is 24.3 Å². The Kier molecular flexibility index (Phi) is 5.40. The number of hydrogen-bond acceptors (Lipinski definition) is 2. The fraction of sp³-hybridized carbons (Fsp3) is 0.600. The van der Waals surface area contributed by atoms with Crippen LogP contribution >= 0.6 is 23.4 Å². The predicted molar refractivity (Wildman–Crippen MR) is 79.3 cm³/mol. The van der Waals surface area contributed by atoms with E-state index < -0.39 is 0 Å². The molecule has 0 aromatic heterocycles. The smallest absolute Gasteiger partial charge is 0.0662 e. The van der Waals surface area contributed by atoms with Gasteiger partial charge in [0.1, 0.15) is 0 Å². The van der Waals surface area contributed by atoms with Gasteiger partial charge in [-0.15, -0.1) is 11.8 Å². The number of rotatable bonds is 4. The minimum Gasteiger partial charge on any atom is -0.392 e. The van der Waals surface area contributed by atoms with Gasteiger partial charge in [0.25, 0.3) is 0 Å². The first-order chi connectivity index (χ1) is 8.66. The van der Waals surface area contributed by atoms with E-state index >= 15 is 0 Å². The van der Waals surface area contributed by atoms with Gasteiger partial charge in [-0.05, 0) is 36.8 Å². The summed E-state index contributed by atoms with van der Waals surface area (Å²) in [6.07, 6.45) is 4.73. The predicted octanol–water partition coefficient (Wildman–Crippen LogP) is 4.62. The van der Waals surface area contributed by atoms with Crippen LogP contribution in [0.3, 0.4) is 0 Å². The standard InChI is InChI=1S/C15H21ClOS/c1-11-5-4-6-12(9-11)14(17)10-18-15-8-3-2-7-13(15)16/h2-3,7-8,11-12,14,17H,4-6,9-10H2,1H3. The van der Waals surface area contributed by atoms with Crippen LogP contribution < -0.4 is 0 Å². The molecular formula is C15H21ClOS. The molecule has 2 rings (SSSR count). The van der Waals surface area contributed by atoms with Crippen LogP contribution in [-0.2, 0) is 0 Å². The lowest BCUT2D eigenvalue weighted by atomic mass is 9.80. The molecule has 0 amide bonds. The molecule has 1 saturated carbocycles. The Morgan fingerprint density at radius 3 is 2.89 bits per heavy atom. The van der Waals surface area contributed by atoms with Gasteiger partial charge in [0.05, 0.1) is 11.1 Å². The second-order valence-corrected chi connectivity index (χ2v) is 6.81. The molecule has 3 heteroatoms. The summed E-state index contributed by atoms with van der Waals surface area (Å²) in [7, 11) is 0. The molecular weight excluding hydrogens is 264 g/mol. The molecule has 0 heterocycles. The van der Waals surface area contributed by atoms with E-state index in [0.717, 1.165) is 21.6 Å². The van der Waals surface area contributed by atoms with Gasteiger partial charge in [-0.3, -0.25) is 0 Å². The topological polar surface area (TPSA) is 20.2 Å². The van der Waals surface area contributed by atoms with Crippen molar-refractivity contribution >= 4 is 23.4 Å². The number of aliphatic hydroxyl groups excluding tert-OH is 1. The third kappa shape index (κ3) is 3.91. The molecule has 1 aromatic carbocycles. The molecule has 1 nitrogen and oxygen atoms in total. The van der Waals surface area contributed by atoms with Gasteiger partial charge in [-0.2, -0.15) is 0 Å². The van der Waals surface area contributed by atoms with E-state index in [9.17, 15) is 5.11 Å². The van der Waals surface area contributed by atoms with Crippen molar-refractivity contribution in [2.24, 2.45) is 11.8 Å². The molecule has 0 radical (unpaired) electrons. The Hall–Kier alpha value is -0.180. The Labute approximate surface area is 119 Å². The van der Waals surface area contributed by atoms with E-state index in [1.54, 1.807) is 11.8 Å². The Balaban J connectivity index is 1.84. The first-order valence-electron chi connectivity index (χ1n) is 6.72. The third-order valence-electron chi connectivity index (χ3n) is 3.77. The van der Waals surface area contributed by atoms with Crippen LogP contribution in [0.25, 0.3) is 0 Å². The summed E-state index contributed by atoms with van der Waals surface area (Å²) in [5.41, 5.74) is 0. The van der Waals surface area contributed by atoms with Crippen LogP contribution in [0.2, 0.25) is 5.02 Å². The summed E-state index contributed by atoms with van der Waals surface area (Å²) in [6, 6.07) is 7.84. The van der Waals surface area contributed by atoms with Crippen LogP contribution in [0.4, 0.5) is 0 Å². The van der Waals surface area contributed by atoms with Gasteiger partial charge in [-0.25, -0.2) is 0 Å². The summed E-state index contributed by atoms with van der Waals surface area (Å²) < 4.78 is 0. The van der Waals surface area contributed by atoms with Crippen molar-refractivity contribution in [1.82, 2.24) is 0 Å². The lowest BCUT2D eigenvalue weighted by molar-refractivity contribution is 0.0903. The van der Waals surface area contributed by atoms with Crippen molar-refractivity contribution in [1.29, 1.82) is 0 Å². The average molecular weight is 285 g/mol. The quantitative estimate of drug-likeness (QED) is 0.814. The fourth-order valence-electron chi connectivity index (χ4n) is 2.70. The van der Waals surface area contributed by atoms with Crippen molar-refractivity contribution in [2.75, 3.05) is 5.75 Å². The second kappa shape index (κ2) is 6.83. The Morgan fingerprint density at radius 2 is 2.17 bits per heavy atom. The highest BCUT2D eigenvalue weighted by atomic mass is 35.5. The number of hydrogen-bond donors (Lipinski definition) is 1. The van der Waals surface area contributed by atoms with Gasteiger partial charge >= 0.3 is 0 Å². The van der Waals surface area contributed by atoms with E-state index in [4.69, 9.17) is 11.6 Å².